The molecule has 2 aliphatic heterocycles. The number of aliphatic hydroxyl groups is 1. The van der Waals surface area contributed by atoms with Crippen LogP contribution in [0, 0.1) is 5.92 Å². The Kier molecular flexibility index (Phi) is 4.99. The van der Waals surface area contributed by atoms with Crippen molar-refractivity contribution in [2.24, 2.45) is 5.92 Å². The van der Waals surface area contributed by atoms with Crippen molar-refractivity contribution < 1.29 is 14.6 Å². The number of carbonyl (C=O) groups excluding carboxylic acids is 1. The lowest BCUT2D eigenvalue weighted by atomic mass is 9.95. The van der Waals surface area contributed by atoms with Crippen LogP contribution < -0.4 is 0 Å². The summed E-state index contributed by atoms with van der Waals surface area (Å²) in [5.41, 5.74) is 0.638. The molecule has 2 saturated heterocycles. The first-order chi connectivity index (χ1) is 11.0. The summed E-state index contributed by atoms with van der Waals surface area (Å²) < 4.78 is 7.23. The largest absolute Gasteiger partial charge is 0.389 e. The quantitative estimate of drug-likeness (QED) is 0.849. The molecule has 0 aliphatic carbocycles. The molecule has 7 heteroatoms. The molecule has 3 rings (SSSR count). The van der Waals surface area contributed by atoms with E-state index < -0.39 is 0 Å². The molecule has 2 fully saturated rings. The molecular formula is C16H26N4O3. The Hall–Kier alpha value is -1.44. The smallest absolute Gasteiger partial charge is 0.256 e. The van der Waals surface area contributed by atoms with Gasteiger partial charge in [-0.25, -0.2) is 0 Å². The zero-order chi connectivity index (χ0) is 16.4. The van der Waals surface area contributed by atoms with Gasteiger partial charge in [-0.2, -0.15) is 5.10 Å². The fourth-order valence-corrected chi connectivity index (χ4v) is 3.44. The lowest BCUT2D eigenvalue weighted by molar-refractivity contribution is 0.0559. The third-order valence-electron chi connectivity index (χ3n) is 4.87. The molecule has 0 radical (unpaired) electrons. The summed E-state index contributed by atoms with van der Waals surface area (Å²) >= 11 is 0. The van der Waals surface area contributed by atoms with Crippen molar-refractivity contribution in [2.45, 2.75) is 31.5 Å². The van der Waals surface area contributed by atoms with E-state index >= 15 is 0 Å². The van der Waals surface area contributed by atoms with Gasteiger partial charge in [-0.15, -0.1) is 0 Å². The van der Waals surface area contributed by atoms with E-state index in [4.69, 9.17) is 4.74 Å². The molecule has 0 aromatic carbocycles. The van der Waals surface area contributed by atoms with Crippen LogP contribution in [0.1, 0.15) is 23.2 Å². The normalized spacial score (nSPS) is 26.6. The molecule has 0 spiro atoms. The number of aromatic nitrogens is 2. The number of aliphatic hydroxyl groups excluding tert-OH is 1. The maximum absolute atomic E-state index is 11.9. The minimum atomic E-state index is -0.350. The second-order valence-electron chi connectivity index (χ2n) is 6.80. The number of piperidine rings is 1. The Morgan fingerprint density at radius 2 is 2.13 bits per heavy atom. The molecule has 1 N–H and O–H groups in total. The van der Waals surface area contributed by atoms with Crippen LogP contribution in [0.4, 0.5) is 0 Å². The number of hydrogen-bond donors (Lipinski definition) is 1. The molecule has 128 valence electrons. The lowest BCUT2D eigenvalue weighted by Crippen LogP contribution is -2.47. The van der Waals surface area contributed by atoms with Gasteiger partial charge in [-0.05, 0) is 31.8 Å². The predicted molar refractivity (Wildman–Crippen MR) is 85.2 cm³/mol. The Balaban J connectivity index is 1.50. The molecule has 1 amide bonds. The number of carbonyl (C=O) groups is 1. The third kappa shape index (κ3) is 3.73. The highest BCUT2D eigenvalue weighted by Gasteiger charge is 2.33. The van der Waals surface area contributed by atoms with Crippen LogP contribution in [0.5, 0.6) is 0 Å². The molecule has 2 aliphatic rings. The predicted octanol–water partition coefficient (Wildman–Crippen LogP) is 0.0566. The SMILES string of the molecule is CN(C)C(=O)c1cnn(CC2CCN([C@@H]3COC[C@@H]3O)CC2)c1. The Bertz CT molecular complexity index is 537. The van der Waals surface area contributed by atoms with Crippen LogP contribution in [0.15, 0.2) is 12.4 Å². The standard InChI is InChI=1S/C16H26N4O3/c1-18(2)16(22)13-7-17-20(9-13)8-12-3-5-19(6-4-12)14-10-23-11-15(14)21/h7,9,12,14-15,21H,3-6,8,10-11H2,1-2H3/t14-,15+/m1/s1. The summed E-state index contributed by atoms with van der Waals surface area (Å²) in [6.07, 6.45) is 5.30. The minimum absolute atomic E-state index is 0.0127. The van der Waals surface area contributed by atoms with Gasteiger partial charge in [-0.3, -0.25) is 14.4 Å². The van der Waals surface area contributed by atoms with Crippen LogP contribution in [-0.4, -0.2) is 83.1 Å². The summed E-state index contributed by atoms with van der Waals surface area (Å²) in [5.74, 6) is 0.550. The summed E-state index contributed by atoms with van der Waals surface area (Å²) in [5, 5.41) is 14.2. The molecule has 1 aromatic rings. The Labute approximate surface area is 136 Å². The number of rotatable bonds is 4. The van der Waals surface area contributed by atoms with Crippen molar-refractivity contribution >= 4 is 5.91 Å². The highest BCUT2D eigenvalue weighted by molar-refractivity contribution is 5.93. The zero-order valence-corrected chi connectivity index (χ0v) is 13.9. The molecule has 2 atom stereocenters. The fraction of sp³-hybridized carbons (Fsp3) is 0.750. The van der Waals surface area contributed by atoms with Gasteiger partial charge in [0.2, 0.25) is 0 Å². The fourth-order valence-electron chi connectivity index (χ4n) is 3.44. The number of hydrogen-bond acceptors (Lipinski definition) is 5. The first kappa shape index (κ1) is 16.4. The van der Waals surface area contributed by atoms with E-state index in [0.29, 0.717) is 24.7 Å². The van der Waals surface area contributed by atoms with Crippen molar-refractivity contribution in [2.75, 3.05) is 40.4 Å². The number of likely N-dealkylation sites (tertiary alicyclic amines) is 1. The van der Waals surface area contributed by atoms with E-state index in [1.54, 1.807) is 25.2 Å². The Morgan fingerprint density at radius 1 is 1.39 bits per heavy atom. The number of amides is 1. The summed E-state index contributed by atoms with van der Waals surface area (Å²) in [6, 6.07) is 0.157. The van der Waals surface area contributed by atoms with Crippen molar-refractivity contribution in [1.82, 2.24) is 19.6 Å². The van der Waals surface area contributed by atoms with E-state index in [-0.39, 0.29) is 18.1 Å². The van der Waals surface area contributed by atoms with Gasteiger partial charge in [0.1, 0.15) is 0 Å². The van der Waals surface area contributed by atoms with Gasteiger partial charge >= 0.3 is 0 Å². The van der Waals surface area contributed by atoms with Crippen molar-refractivity contribution in [3.8, 4) is 0 Å². The average Bonchev–Trinajstić information content (AvgIpc) is 3.16. The number of nitrogens with zero attached hydrogens (tertiary/aromatic N) is 4. The van der Waals surface area contributed by atoms with E-state index in [9.17, 15) is 9.90 Å². The monoisotopic (exact) mass is 322 g/mol. The maximum Gasteiger partial charge on any atom is 0.256 e. The highest BCUT2D eigenvalue weighted by Crippen LogP contribution is 2.23. The van der Waals surface area contributed by atoms with Gasteiger partial charge in [0.05, 0.1) is 37.1 Å². The summed E-state index contributed by atoms with van der Waals surface area (Å²) in [6.45, 7) is 3.92. The van der Waals surface area contributed by atoms with Gasteiger partial charge in [0.25, 0.3) is 5.91 Å². The molecule has 7 nitrogen and oxygen atoms in total. The van der Waals surface area contributed by atoms with E-state index in [1.807, 2.05) is 10.9 Å². The first-order valence-corrected chi connectivity index (χ1v) is 8.28. The molecular weight excluding hydrogens is 296 g/mol. The topological polar surface area (TPSA) is 70.8 Å². The average molecular weight is 322 g/mol. The zero-order valence-electron chi connectivity index (χ0n) is 13.9. The molecule has 23 heavy (non-hydrogen) atoms. The first-order valence-electron chi connectivity index (χ1n) is 8.28. The van der Waals surface area contributed by atoms with E-state index in [1.165, 1.54) is 0 Å². The van der Waals surface area contributed by atoms with Crippen LogP contribution in [0.2, 0.25) is 0 Å². The van der Waals surface area contributed by atoms with Crippen LogP contribution in [-0.2, 0) is 11.3 Å². The second-order valence-corrected chi connectivity index (χ2v) is 6.80. The highest BCUT2D eigenvalue weighted by atomic mass is 16.5. The molecule has 1 aromatic heterocycles. The van der Waals surface area contributed by atoms with E-state index in [2.05, 4.69) is 10.00 Å². The van der Waals surface area contributed by atoms with Crippen molar-refractivity contribution in [3.05, 3.63) is 18.0 Å². The van der Waals surface area contributed by atoms with Crippen LogP contribution >= 0.6 is 0 Å². The second kappa shape index (κ2) is 6.98. The van der Waals surface area contributed by atoms with Crippen molar-refractivity contribution in [3.63, 3.8) is 0 Å². The molecule has 3 heterocycles. The lowest BCUT2D eigenvalue weighted by Gasteiger charge is -2.36. The van der Waals surface area contributed by atoms with Crippen molar-refractivity contribution in [1.29, 1.82) is 0 Å². The molecule has 0 bridgehead atoms. The van der Waals surface area contributed by atoms with Crippen LogP contribution in [0.3, 0.4) is 0 Å². The molecule has 0 saturated carbocycles. The van der Waals surface area contributed by atoms with Gasteiger partial charge in [0.15, 0.2) is 0 Å². The van der Waals surface area contributed by atoms with E-state index in [0.717, 1.165) is 32.5 Å². The van der Waals surface area contributed by atoms with Gasteiger partial charge < -0.3 is 14.7 Å². The minimum Gasteiger partial charge on any atom is -0.389 e. The third-order valence-corrected chi connectivity index (χ3v) is 4.87. The summed E-state index contributed by atoms with van der Waals surface area (Å²) in [4.78, 5) is 15.8. The summed E-state index contributed by atoms with van der Waals surface area (Å²) in [7, 11) is 3.49. The maximum atomic E-state index is 11.9. The number of ether oxygens (including phenoxy) is 1. The van der Waals surface area contributed by atoms with Gasteiger partial charge in [-0.1, -0.05) is 0 Å². The van der Waals surface area contributed by atoms with Gasteiger partial charge in [0, 0.05) is 26.8 Å². The Morgan fingerprint density at radius 3 is 2.74 bits per heavy atom. The van der Waals surface area contributed by atoms with Crippen LogP contribution in [0.25, 0.3) is 0 Å². The molecule has 0 unspecified atom stereocenters.